The maximum Gasteiger partial charge on any atom is 0.319 e. The maximum absolute atomic E-state index is 12.1. The molecule has 0 saturated carbocycles. The minimum absolute atomic E-state index is 0.262. The van der Waals surface area contributed by atoms with Crippen molar-refractivity contribution in [1.29, 1.82) is 0 Å². The number of aromatic nitrogens is 2. The van der Waals surface area contributed by atoms with Gasteiger partial charge in [0.1, 0.15) is 0 Å². The summed E-state index contributed by atoms with van der Waals surface area (Å²) in [7, 11) is 0. The molecule has 2 aromatic heterocycles. The van der Waals surface area contributed by atoms with Gasteiger partial charge in [-0.1, -0.05) is 24.3 Å². The third-order valence-electron chi connectivity index (χ3n) is 4.32. The van der Waals surface area contributed by atoms with Gasteiger partial charge in [-0.25, -0.2) is 4.79 Å². The summed E-state index contributed by atoms with van der Waals surface area (Å²) in [6.07, 6.45) is 5.34. The summed E-state index contributed by atoms with van der Waals surface area (Å²) < 4.78 is 2.04. The molecule has 4 N–H and O–H groups in total. The number of carbonyl (C=O) groups is 1. The van der Waals surface area contributed by atoms with Gasteiger partial charge in [-0.15, -0.1) is 0 Å². The number of nitrogens with zero attached hydrogens (tertiary/aromatic N) is 2. The summed E-state index contributed by atoms with van der Waals surface area (Å²) in [6, 6.07) is 19.1. The van der Waals surface area contributed by atoms with Crippen LogP contribution >= 0.6 is 0 Å². The fraction of sp³-hybridized carbons (Fsp3) is 0.0476. The lowest BCUT2D eigenvalue weighted by atomic mass is 10.2. The first-order chi connectivity index (χ1) is 13.2. The Hall–Kier alpha value is -3.80. The van der Waals surface area contributed by atoms with Gasteiger partial charge in [0.25, 0.3) is 0 Å². The number of nitrogens with one attached hydrogen (secondary N) is 2. The number of fused-ring (bicyclic) bond motifs is 1. The van der Waals surface area contributed by atoms with E-state index in [1.165, 1.54) is 0 Å². The summed E-state index contributed by atoms with van der Waals surface area (Å²) in [5.41, 5.74) is 10.5. The predicted molar refractivity (Wildman–Crippen MR) is 108 cm³/mol. The average molecular weight is 357 g/mol. The Balaban J connectivity index is 1.45. The van der Waals surface area contributed by atoms with E-state index in [4.69, 9.17) is 5.73 Å². The number of carbonyl (C=O) groups excluding carboxylic acids is 1. The predicted octanol–water partition coefficient (Wildman–Crippen LogP) is 3.93. The van der Waals surface area contributed by atoms with E-state index in [9.17, 15) is 4.79 Å². The maximum atomic E-state index is 12.1. The number of hydrogen-bond donors (Lipinski definition) is 3. The van der Waals surface area contributed by atoms with E-state index < -0.39 is 0 Å². The molecule has 0 fully saturated rings. The second-order valence-electron chi connectivity index (χ2n) is 6.19. The van der Waals surface area contributed by atoms with E-state index in [0.717, 1.165) is 27.8 Å². The van der Waals surface area contributed by atoms with Crippen LogP contribution in [0.3, 0.4) is 0 Å². The third kappa shape index (κ3) is 3.59. The van der Waals surface area contributed by atoms with E-state index in [1.807, 2.05) is 71.4 Å². The Labute approximate surface area is 156 Å². The number of benzene rings is 2. The molecule has 0 saturated heterocycles. The number of anilines is 2. The van der Waals surface area contributed by atoms with Crippen LogP contribution in [-0.4, -0.2) is 15.6 Å². The molecule has 6 heteroatoms. The molecule has 2 amide bonds. The molecule has 0 bridgehead atoms. The zero-order chi connectivity index (χ0) is 18.6. The Bertz CT molecular complexity index is 1070. The smallest absolute Gasteiger partial charge is 0.319 e. The fourth-order valence-corrected chi connectivity index (χ4v) is 2.99. The van der Waals surface area contributed by atoms with Crippen molar-refractivity contribution in [2.24, 2.45) is 0 Å². The Morgan fingerprint density at radius 2 is 1.85 bits per heavy atom. The van der Waals surface area contributed by atoms with Gasteiger partial charge in [-0.05, 0) is 42.0 Å². The van der Waals surface area contributed by atoms with E-state index >= 15 is 0 Å². The molecule has 2 aromatic carbocycles. The average Bonchev–Trinajstić information content (AvgIpc) is 3.05. The van der Waals surface area contributed by atoms with Crippen molar-refractivity contribution in [2.45, 2.75) is 6.54 Å². The minimum Gasteiger partial charge on any atom is -0.397 e. The van der Waals surface area contributed by atoms with E-state index in [1.54, 1.807) is 12.4 Å². The van der Waals surface area contributed by atoms with Crippen LogP contribution in [0, 0.1) is 0 Å². The van der Waals surface area contributed by atoms with Crippen LogP contribution < -0.4 is 16.4 Å². The van der Waals surface area contributed by atoms with Crippen molar-refractivity contribution in [1.82, 2.24) is 14.9 Å². The largest absolute Gasteiger partial charge is 0.397 e. The van der Waals surface area contributed by atoms with Gasteiger partial charge < -0.3 is 20.9 Å². The second-order valence-corrected chi connectivity index (χ2v) is 6.19. The third-order valence-corrected chi connectivity index (χ3v) is 4.32. The molecule has 27 heavy (non-hydrogen) atoms. The zero-order valence-corrected chi connectivity index (χ0v) is 14.6. The van der Waals surface area contributed by atoms with Crippen LogP contribution in [-0.2, 0) is 6.54 Å². The van der Waals surface area contributed by atoms with E-state index in [2.05, 4.69) is 15.6 Å². The highest BCUT2D eigenvalue weighted by Gasteiger charge is 2.07. The van der Waals surface area contributed by atoms with E-state index in [-0.39, 0.29) is 6.03 Å². The van der Waals surface area contributed by atoms with E-state index in [0.29, 0.717) is 12.2 Å². The first kappa shape index (κ1) is 16.7. The summed E-state index contributed by atoms with van der Waals surface area (Å²) in [5.74, 6) is 0. The number of para-hydroxylation sites is 1. The van der Waals surface area contributed by atoms with Crippen LogP contribution in [0.1, 0.15) is 5.56 Å². The highest BCUT2D eigenvalue weighted by atomic mass is 16.2. The molecule has 2 heterocycles. The van der Waals surface area contributed by atoms with Crippen molar-refractivity contribution in [3.05, 3.63) is 84.8 Å². The molecule has 0 radical (unpaired) electrons. The van der Waals surface area contributed by atoms with Gasteiger partial charge in [0.2, 0.25) is 0 Å². The lowest BCUT2D eigenvalue weighted by Crippen LogP contribution is -2.28. The van der Waals surface area contributed by atoms with Crippen LogP contribution in [0.15, 0.2) is 79.3 Å². The normalized spacial score (nSPS) is 10.7. The Morgan fingerprint density at radius 1 is 1.04 bits per heavy atom. The monoisotopic (exact) mass is 357 g/mol. The van der Waals surface area contributed by atoms with Gasteiger partial charge in [-0.3, -0.25) is 4.98 Å². The molecular formula is C21H19N5O. The number of pyridine rings is 1. The molecule has 0 aliphatic carbocycles. The summed E-state index contributed by atoms with van der Waals surface area (Å²) >= 11 is 0. The number of hydrogen-bond acceptors (Lipinski definition) is 3. The molecule has 4 rings (SSSR count). The number of amides is 2. The second kappa shape index (κ2) is 7.21. The number of urea groups is 1. The lowest BCUT2D eigenvalue weighted by Gasteiger charge is -2.09. The van der Waals surface area contributed by atoms with Gasteiger partial charge in [0.05, 0.1) is 11.2 Å². The summed E-state index contributed by atoms with van der Waals surface area (Å²) in [4.78, 5) is 16.1. The molecule has 6 nitrogen and oxygen atoms in total. The van der Waals surface area contributed by atoms with Gasteiger partial charge in [-0.2, -0.15) is 0 Å². The number of nitrogen functional groups attached to an aromatic ring is 1. The van der Waals surface area contributed by atoms with Gasteiger partial charge in [0.15, 0.2) is 0 Å². The SMILES string of the molecule is Nc1cn(-c2ccc(NC(=O)NCc3cccnc3)cc2)c2ccccc12. The highest BCUT2D eigenvalue weighted by molar-refractivity contribution is 5.93. The molecular weight excluding hydrogens is 338 g/mol. The number of rotatable bonds is 4. The molecule has 0 aliphatic heterocycles. The van der Waals surface area contributed by atoms with Crippen molar-refractivity contribution in [2.75, 3.05) is 11.1 Å². The Morgan fingerprint density at radius 3 is 2.63 bits per heavy atom. The molecule has 0 atom stereocenters. The van der Waals surface area contributed by atoms with Crippen LogP contribution in [0.4, 0.5) is 16.2 Å². The lowest BCUT2D eigenvalue weighted by molar-refractivity contribution is 0.251. The van der Waals surface area contributed by atoms with Crippen LogP contribution in [0.2, 0.25) is 0 Å². The fourth-order valence-electron chi connectivity index (χ4n) is 2.99. The molecule has 4 aromatic rings. The molecule has 134 valence electrons. The highest BCUT2D eigenvalue weighted by Crippen LogP contribution is 2.26. The van der Waals surface area contributed by atoms with Crippen molar-refractivity contribution < 1.29 is 4.79 Å². The quantitative estimate of drug-likeness (QED) is 0.517. The first-order valence-corrected chi connectivity index (χ1v) is 8.60. The van der Waals surface area contributed by atoms with Crippen molar-refractivity contribution in [3.63, 3.8) is 0 Å². The van der Waals surface area contributed by atoms with Gasteiger partial charge in [0, 0.05) is 41.9 Å². The summed E-state index contributed by atoms with van der Waals surface area (Å²) in [6.45, 7) is 0.423. The van der Waals surface area contributed by atoms with Crippen LogP contribution in [0.25, 0.3) is 16.6 Å². The molecule has 0 spiro atoms. The topological polar surface area (TPSA) is 85.0 Å². The standard InChI is InChI=1S/C21H19N5O/c22-19-14-26(20-6-2-1-5-18(19)20)17-9-7-16(8-10-17)25-21(27)24-13-15-4-3-11-23-12-15/h1-12,14H,13,22H2,(H2,24,25,27). The van der Waals surface area contributed by atoms with Crippen molar-refractivity contribution >= 4 is 28.3 Å². The van der Waals surface area contributed by atoms with Crippen molar-refractivity contribution in [3.8, 4) is 5.69 Å². The first-order valence-electron chi connectivity index (χ1n) is 8.60. The van der Waals surface area contributed by atoms with Gasteiger partial charge >= 0.3 is 6.03 Å². The van der Waals surface area contributed by atoms with Crippen LogP contribution in [0.5, 0.6) is 0 Å². The minimum atomic E-state index is -0.262. The molecule has 0 aliphatic rings. The molecule has 0 unspecified atom stereocenters. The summed E-state index contributed by atoms with van der Waals surface area (Å²) in [5, 5.41) is 6.66. The zero-order valence-electron chi connectivity index (χ0n) is 14.6. The Kier molecular flexibility index (Phi) is 4.45. The number of nitrogens with two attached hydrogens (primary N) is 1.